The maximum absolute atomic E-state index is 4.28. The first-order valence-electron chi connectivity index (χ1n) is 6.32. The quantitative estimate of drug-likeness (QED) is 0.794. The zero-order valence-corrected chi connectivity index (χ0v) is 11.0. The van der Waals surface area contributed by atoms with Gasteiger partial charge in [-0.3, -0.25) is 4.98 Å². The molecule has 0 saturated heterocycles. The molecule has 1 N–H and O–H groups in total. The number of pyridine rings is 1. The molecule has 2 unspecified atom stereocenters. The van der Waals surface area contributed by atoms with E-state index >= 15 is 0 Å². The summed E-state index contributed by atoms with van der Waals surface area (Å²) in [6.07, 6.45) is 6.33. The van der Waals surface area contributed by atoms with E-state index in [1.165, 1.54) is 24.0 Å². The van der Waals surface area contributed by atoms with Gasteiger partial charge in [0.15, 0.2) is 0 Å². The van der Waals surface area contributed by atoms with Crippen LogP contribution in [0.5, 0.6) is 0 Å². The Morgan fingerprint density at radius 3 is 2.62 bits per heavy atom. The Bertz CT molecular complexity index is 309. The Balaban J connectivity index is 2.76. The lowest BCUT2D eigenvalue weighted by Gasteiger charge is -2.21. The average Bonchev–Trinajstić information content (AvgIpc) is 2.28. The average molecular weight is 220 g/mol. The Morgan fingerprint density at radius 2 is 2.06 bits per heavy atom. The summed E-state index contributed by atoms with van der Waals surface area (Å²) in [6.45, 7) is 9.83. The first-order valence-corrected chi connectivity index (χ1v) is 6.32. The summed E-state index contributed by atoms with van der Waals surface area (Å²) in [6, 6.07) is 2.69. The third-order valence-corrected chi connectivity index (χ3v) is 3.08. The smallest absolute Gasteiger partial charge is 0.0338 e. The lowest BCUT2D eigenvalue weighted by atomic mass is 9.94. The molecule has 1 aromatic rings. The number of aromatic nitrogens is 1. The van der Waals surface area contributed by atoms with Crippen LogP contribution >= 0.6 is 0 Å². The Labute approximate surface area is 99.5 Å². The van der Waals surface area contributed by atoms with E-state index in [4.69, 9.17) is 0 Å². The van der Waals surface area contributed by atoms with Gasteiger partial charge in [-0.25, -0.2) is 0 Å². The number of hydrogen-bond acceptors (Lipinski definition) is 2. The molecule has 0 aliphatic carbocycles. The highest BCUT2D eigenvalue weighted by molar-refractivity contribution is 5.20. The molecular weight excluding hydrogens is 196 g/mol. The molecule has 90 valence electrons. The van der Waals surface area contributed by atoms with E-state index in [1.54, 1.807) is 0 Å². The van der Waals surface area contributed by atoms with Gasteiger partial charge in [-0.1, -0.05) is 33.3 Å². The standard InChI is InChI=1S/C14H24N2/c1-5-11(3)8-14(16-6-2)13-7-12(4)9-15-10-13/h7,9-11,14,16H,5-6,8H2,1-4H3. The van der Waals surface area contributed by atoms with Gasteiger partial charge in [0.05, 0.1) is 0 Å². The van der Waals surface area contributed by atoms with Crippen molar-refractivity contribution in [3.8, 4) is 0 Å². The number of rotatable bonds is 6. The van der Waals surface area contributed by atoms with Gasteiger partial charge in [-0.2, -0.15) is 0 Å². The zero-order chi connectivity index (χ0) is 12.0. The number of aryl methyl sites for hydroxylation is 1. The van der Waals surface area contributed by atoms with Gasteiger partial charge in [0.25, 0.3) is 0 Å². The van der Waals surface area contributed by atoms with Crippen molar-refractivity contribution in [2.75, 3.05) is 6.54 Å². The molecule has 2 heteroatoms. The van der Waals surface area contributed by atoms with Crippen molar-refractivity contribution in [3.05, 3.63) is 29.6 Å². The monoisotopic (exact) mass is 220 g/mol. The summed E-state index contributed by atoms with van der Waals surface area (Å²) in [7, 11) is 0. The highest BCUT2D eigenvalue weighted by Gasteiger charge is 2.13. The maximum atomic E-state index is 4.28. The van der Waals surface area contributed by atoms with Crippen molar-refractivity contribution in [2.24, 2.45) is 5.92 Å². The van der Waals surface area contributed by atoms with E-state index in [-0.39, 0.29) is 0 Å². The van der Waals surface area contributed by atoms with E-state index in [0.717, 1.165) is 12.5 Å². The minimum atomic E-state index is 0.451. The second-order valence-electron chi connectivity index (χ2n) is 4.66. The first-order chi connectivity index (χ1) is 7.67. The third kappa shape index (κ3) is 3.93. The molecule has 0 aromatic carbocycles. The van der Waals surface area contributed by atoms with Crippen LogP contribution in [0.1, 0.15) is 50.8 Å². The molecule has 0 radical (unpaired) electrons. The molecule has 1 heterocycles. The Hall–Kier alpha value is -0.890. The van der Waals surface area contributed by atoms with Gasteiger partial charge in [0.1, 0.15) is 0 Å². The number of nitrogens with zero attached hydrogens (tertiary/aromatic N) is 1. The molecule has 0 aliphatic rings. The van der Waals surface area contributed by atoms with E-state index in [1.807, 2.05) is 12.4 Å². The molecule has 2 atom stereocenters. The van der Waals surface area contributed by atoms with E-state index in [9.17, 15) is 0 Å². The van der Waals surface area contributed by atoms with E-state index in [0.29, 0.717) is 6.04 Å². The van der Waals surface area contributed by atoms with Crippen molar-refractivity contribution in [3.63, 3.8) is 0 Å². The van der Waals surface area contributed by atoms with Crippen molar-refractivity contribution in [1.82, 2.24) is 10.3 Å². The van der Waals surface area contributed by atoms with Crippen LogP contribution in [0.4, 0.5) is 0 Å². The van der Waals surface area contributed by atoms with Gasteiger partial charge >= 0.3 is 0 Å². The number of hydrogen-bond donors (Lipinski definition) is 1. The third-order valence-electron chi connectivity index (χ3n) is 3.08. The molecule has 0 amide bonds. The van der Waals surface area contributed by atoms with Crippen LogP contribution in [0.25, 0.3) is 0 Å². The normalized spacial score (nSPS) is 14.8. The summed E-state index contributed by atoms with van der Waals surface area (Å²) in [5.41, 5.74) is 2.56. The predicted molar refractivity (Wildman–Crippen MR) is 69.5 cm³/mol. The number of nitrogens with one attached hydrogen (secondary N) is 1. The fourth-order valence-electron chi connectivity index (χ4n) is 1.92. The molecule has 1 aromatic heterocycles. The lowest BCUT2D eigenvalue weighted by Crippen LogP contribution is -2.23. The van der Waals surface area contributed by atoms with E-state index in [2.05, 4.69) is 44.1 Å². The molecule has 0 bridgehead atoms. The molecular formula is C14H24N2. The van der Waals surface area contributed by atoms with Crippen molar-refractivity contribution < 1.29 is 0 Å². The van der Waals surface area contributed by atoms with Crippen molar-refractivity contribution in [1.29, 1.82) is 0 Å². The minimum absolute atomic E-state index is 0.451. The highest BCUT2D eigenvalue weighted by atomic mass is 14.9. The zero-order valence-electron chi connectivity index (χ0n) is 11.0. The van der Waals surface area contributed by atoms with Gasteiger partial charge < -0.3 is 5.32 Å². The fraction of sp³-hybridized carbons (Fsp3) is 0.643. The summed E-state index contributed by atoms with van der Waals surface area (Å²) in [4.78, 5) is 4.28. The fourth-order valence-corrected chi connectivity index (χ4v) is 1.92. The van der Waals surface area contributed by atoms with Crippen LogP contribution in [-0.4, -0.2) is 11.5 Å². The SMILES string of the molecule is CCNC(CC(C)CC)c1cncc(C)c1. The van der Waals surface area contributed by atoms with Crippen LogP contribution in [-0.2, 0) is 0 Å². The van der Waals surface area contributed by atoms with Crippen LogP contribution in [0.2, 0.25) is 0 Å². The van der Waals surface area contributed by atoms with Gasteiger partial charge in [-0.05, 0) is 36.9 Å². The molecule has 0 aliphatic heterocycles. The van der Waals surface area contributed by atoms with Crippen LogP contribution in [0, 0.1) is 12.8 Å². The van der Waals surface area contributed by atoms with Gasteiger partial charge in [0.2, 0.25) is 0 Å². The molecule has 0 spiro atoms. The minimum Gasteiger partial charge on any atom is -0.310 e. The molecule has 2 nitrogen and oxygen atoms in total. The topological polar surface area (TPSA) is 24.9 Å². The Kier molecular flexibility index (Phi) is 5.47. The van der Waals surface area contributed by atoms with Crippen molar-refractivity contribution in [2.45, 2.75) is 46.6 Å². The van der Waals surface area contributed by atoms with Gasteiger partial charge in [0, 0.05) is 18.4 Å². The molecule has 0 saturated carbocycles. The van der Waals surface area contributed by atoms with Crippen LogP contribution in [0.3, 0.4) is 0 Å². The largest absolute Gasteiger partial charge is 0.310 e. The van der Waals surface area contributed by atoms with Crippen LogP contribution in [0.15, 0.2) is 18.5 Å². The summed E-state index contributed by atoms with van der Waals surface area (Å²) < 4.78 is 0. The molecule has 0 fully saturated rings. The Morgan fingerprint density at radius 1 is 1.31 bits per heavy atom. The second kappa shape index (κ2) is 6.64. The summed E-state index contributed by atoms with van der Waals surface area (Å²) in [5, 5.41) is 3.55. The highest BCUT2D eigenvalue weighted by Crippen LogP contribution is 2.22. The molecule has 1 rings (SSSR count). The second-order valence-corrected chi connectivity index (χ2v) is 4.66. The predicted octanol–water partition coefficient (Wildman–Crippen LogP) is 3.48. The van der Waals surface area contributed by atoms with E-state index < -0.39 is 0 Å². The first kappa shape index (κ1) is 13.2. The van der Waals surface area contributed by atoms with Crippen LogP contribution < -0.4 is 5.32 Å². The van der Waals surface area contributed by atoms with Crippen molar-refractivity contribution >= 4 is 0 Å². The summed E-state index contributed by atoms with van der Waals surface area (Å²) in [5.74, 6) is 0.754. The van der Waals surface area contributed by atoms with Gasteiger partial charge in [-0.15, -0.1) is 0 Å². The summed E-state index contributed by atoms with van der Waals surface area (Å²) >= 11 is 0. The lowest BCUT2D eigenvalue weighted by molar-refractivity contribution is 0.407. The molecule has 16 heavy (non-hydrogen) atoms. The maximum Gasteiger partial charge on any atom is 0.0338 e.